The number of amides is 1. The fourth-order valence-electron chi connectivity index (χ4n) is 2.97. The van der Waals surface area contributed by atoms with Crippen molar-refractivity contribution in [2.45, 2.75) is 44.7 Å². The number of benzene rings is 1. The van der Waals surface area contributed by atoms with Gasteiger partial charge in [0.05, 0.1) is 11.4 Å². The number of sulfone groups is 1. The Labute approximate surface area is 185 Å². The molecule has 1 aromatic carbocycles. The maximum atomic E-state index is 12.1. The van der Waals surface area contributed by atoms with E-state index in [1.807, 2.05) is 25.7 Å². The van der Waals surface area contributed by atoms with Crippen molar-refractivity contribution >= 4 is 45.7 Å². The zero-order chi connectivity index (χ0) is 20.0. The Kier molecular flexibility index (Phi) is 9.68. The first-order chi connectivity index (χ1) is 12.7. The Hall–Kier alpha value is -1.36. The molecule has 1 aromatic rings. The lowest BCUT2D eigenvalue weighted by Crippen LogP contribution is -2.45. The number of nitrogens with one attached hydrogen (secondary N) is 2. The van der Waals surface area contributed by atoms with Gasteiger partial charge in [-0.05, 0) is 31.0 Å². The zero-order valence-corrected chi connectivity index (χ0v) is 20.1. The molecule has 158 valence electrons. The predicted octanol–water partition coefficient (Wildman–Crippen LogP) is 2.02. The number of carbonyl (C=O) groups is 1. The van der Waals surface area contributed by atoms with Crippen molar-refractivity contribution in [2.24, 2.45) is 10.9 Å². The van der Waals surface area contributed by atoms with Gasteiger partial charge in [-0.15, -0.1) is 24.0 Å². The molecule has 7 nitrogen and oxygen atoms in total. The highest BCUT2D eigenvalue weighted by molar-refractivity contribution is 14.0. The maximum absolute atomic E-state index is 12.1. The molecular weight excluding hydrogens is 491 g/mol. The van der Waals surface area contributed by atoms with Crippen LogP contribution in [0.3, 0.4) is 0 Å². The Morgan fingerprint density at radius 2 is 1.93 bits per heavy atom. The average molecular weight is 522 g/mol. The van der Waals surface area contributed by atoms with E-state index in [2.05, 4.69) is 15.6 Å². The molecule has 1 amide bonds. The van der Waals surface area contributed by atoms with Crippen LogP contribution in [0.4, 0.5) is 0 Å². The summed E-state index contributed by atoms with van der Waals surface area (Å²) in [6.45, 7) is 8.47. The van der Waals surface area contributed by atoms with Crippen molar-refractivity contribution in [3.63, 3.8) is 0 Å². The Morgan fingerprint density at radius 1 is 1.29 bits per heavy atom. The molecule has 1 aliphatic rings. The maximum Gasteiger partial charge on any atom is 0.225 e. The van der Waals surface area contributed by atoms with Gasteiger partial charge in [-0.3, -0.25) is 4.79 Å². The number of rotatable bonds is 6. The largest absolute Gasteiger partial charge is 0.357 e. The van der Waals surface area contributed by atoms with Gasteiger partial charge in [0, 0.05) is 37.8 Å². The van der Waals surface area contributed by atoms with E-state index in [1.54, 1.807) is 24.3 Å². The topological polar surface area (TPSA) is 90.9 Å². The number of guanidine groups is 1. The second kappa shape index (κ2) is 11.0. The normalized spacial score (nSPS) is 17.4. The van der Waals surface area contributed by atoms with Crippen molar-refractivity contribution in [3.05, 3.63) is 29.8 Å². The Balaban J connectivity index is 0.00000392. The van der Waals surface area contributed by atoms with Crippen molar-refractivity contribution in [2.75, 3.05) is 25.9 Å². The summed E-state index contributed by atoms with van der Waals surface area (Å²) >= 11 is 0. The lowest BCUT2D eigenvalue weighted by molar-refractivity contribution is -0.133. The fourth-order valence-corrected chi connectivity index (χ4v) is 3.60. The van der Waals surface area contributed by atoms with Gasteiger partial charge in [0.25, 0.3) is 0 Å². The highest BCUT2D eigenvalue weighted by Crippen LogP contribution is 2.13. The summed E-state index contributed by atoms with van der Waals surface area (Å²) in [5.41, 5.74) is 0.933. The number of likely N-dealkylation sites (tertiary alicyclic amines) is 1. The lowest BCUT2D eigenvalue weighted by atomic mass is 10.2. The third kappa shape index (κ3) is 7.23. The highest BCUT2D eigenvalue weighted by Gasteiger charge is 2.27. The Bertz CT molecular complexity index is 779. The summed E-state index contributed by atoms with van der Waals surface area (Å²) in [7, 11) is -3.19. The van der Waals surface area contributed by atoms with E-state index >= 15 is 0 Å². The molecule has 9 heteroatoms. The fraction of sp³-hybridized carbons (Fsp3) is 0.579. The molecule has 0 radical (unpaired) electrons. The van der Waals surface area contributed by atoms with Gasteiger partial charge in [-0.25, -0.2) is 13.4 Å². The number of nitrogens with zero attached hydrogens (tertiary/aromatic N) is 2. The van der Waals surface area contributed by atoms with Gasteiger partial charge in [-0.1, -0.05) is 26.0 Å². The quantitative estimate of drug-likeness (QED) is 0.339. The van der Waals surface area contributed by atoms with E-state index in [-0.39, 0.29) is 41.8 Å². The first-order valence-electron chi connectivity index (χ1n) is 9.33. The molecule has 1 saturated heterocycles. The second-order valence-corrected chi connectivity index (χ2v) is 9.20. The van der Waals surface area contributed by atoms with Crippen LogP contribution >= 0.6 is 24.0 Å². The standard InChI is InChI=1S/C19H30N4O3S.HI/c1-5-20-19(22-16-10-11-23(13-16)18(24)14(2)3)21-12-15-6-8-17(9-7-15)27(4,25)26;/h6-9,14,16H,5,10-13H2,1-4H3,(H2,20,21,22);1H. The molecule has 1 fully saturated rings. The van der Waals surface area contributed by atoms with Crippen LogP contribution in [0.15, 0.2) is 34.2 Å². The minimum absolute atomic E-state index is 0. The number of halogens is 1. The summed E-state index contributed by atoms with van der Waals surface area (Å²) < 4.78 is 23.1. The average Bonchev–Trinajstić information content (AvgIpc) is 3.07. The van der Waals surface area contributed by atoms with E-state index in [9.17, 15) is 13.2 Å². The van der Waals surface area contributed by atoms with E-state index < -0.39 is 9.84 Å². The molecule has 28 heavy (non-hydrogen) atoms. The van der Waals surface area contributed by atoms with Crippen molar-refractivity contribution in [1.82, 2.24) is 15.5 Å². The van der Waals surface area contributed by atoms with Crippen LogP contribution < -0.4 is 10.6 Å². The number of aliphatic imine (C=N–C) groups is 1. The number of hydrogen-bond donors (Lipinski definition) is 2. The van der Waals surface area contributed by atoms with Gasteiger partial charge in [0.15, 0.2) is 15.8 Å². The van der Waals surface area contributed by atoms with Crippen LogP contribution in [0.5, 0.6) is 0 Å². The molecular formula is C19H31IN4O3S. The van der Waals surface area contributed by atoms with Crippen molar-refractivity contribution < 1.29 is 13.2 Å². The molecule has 1 unspecified atom stereocenters. The van der Waals surface area contributed by atoms with Crippen LogP contribution in [-0.4, -0.2) is 57.1 Å². The molecule has 1 aliphatic heterocycles. The molecule has 2 rings (SSSR count). The summed E-state index contributed by atoms with van der Waals surface area (Å²) in [4.78, 5) is 18.9. The SMILES string of the molecule is CCNC(=NCc1ccc(S(C)(=O)=O)cc1)NC1CCN(C(=O)C(C)C)C1.I. The molecule has 1 heterocycles. The first-order valence-corrected chi connectivity index (χ1v) is 11.2. The molecule has 0 saturated carbocycles. The smallest absolute Gasteiger partial charge is 0.225 e. The highest BCUT2D eigenvalue weighted by atomic mass is 127. The molecule has 2 N–H and O–H groups in total. The van der Waals surface area contributed by atoms with Gasteiger partial charge in [-0.2, -0.15) is 0 Å². The first kappa shape index (κ1) is 24.7. The summed E-state index contributed by atoms with van der Waals surface area (Å²) in [6.07, 6.45) is 2.09. The van der Waals surface area contributed by atoms with E-state index in [4.69, 9.17) is 0 Å². The zero-order valence-electron chi connectivity index (χ0n) is 16.9. The van der Waals surface area contributed by atoms with E-state index in [0.29, 0.717) is 23.9 Å². The predicted molar refractivity (Wildman–Crippen MR) is 123 cm³/mol. The van der Waals surface area contributed by atoms with Crippen molar-refractivity contribution in [1.29, 1.82) is 0 Å². The molecule has 0 aromatic heterocycles. The summed E-state index contributed by atoms with van der Waals surface area (Å²) in [5.74, 6) is 0.904. The van der Waals surface area contributed by atoms with Crippen LogP contribution in [0.2, 0.25) is 0 Å². The van der Waals surface area contributed by atoms with Crippen LogP contribution in [0.25, 0.3) is 0 Å². The third-order valence-electron chi connectivity index (χ3n) is 4.45. The van der Waals surface area contributed by atoms with Crippen LogP contribution in [-0.2, 0) is 21.2 Å². The number of hydrogen-bond acceptors (Lipinski definition) is 4. The second-order valence-electron chi connectivity index (χ2n) is 7.18. The molecule has 0 bridgehead atoms. The Morgan fingerprint density at radius 3 is 2.46 bits per heavy atom. The van der Waals surface area contributed by atoms with Gasteiger partial charge >= 0.3 is 0 Å². The van der Waals surface area contributed by atoms with Crippen molar-refractivity contribution in [3.8, 4) is 0 Å². The van der Waals surface area contributed by atoms with Crippen LogP contribution in [0.1, 0.15) is 32.8 Å². The summed E-state index contributed by atoms with van der Waals surface area (Å²) in [6, 6.07) is 6.95. The van der Waals surface area contributed by atoms with E-state index in [0.717, 1.165) is 25.1 Å². The minimum Gasteiger partial charge on any atom is -0.357 e. The van der Waals surface area contributed by atoms with Gasteiger partial charge in [0.1, 0.15) is 0 Å². The lowest BCUT2D eigenvalue weighted by Gasteiger charge is -2.20. The number of carbonyl (C=O) groups excluding carboxylic acids is 1. The molecule has 0 aliphatic carbocycles. The van der Waals surface area contributed by atoms with Crippen LogP contribution in [0, 0.1) is 5.92 Å². The summed E-state index contributed by atoms with van der Waals surface area (Å²) in [5, 5.41) is 6.62. The third-order valence-corrected chi connectivity index (χ3v) is 5.58. The molecule has 1 atom stereocenters. The minimum atomic E-state index is -3.19. The van der Waals surface area contributed by atoms with Gasteiger partial charge < -0.3 is 15.5 Å². The van der Waals surface area contributed by atoms with E-state index in [1.165, 1.54) is 6.26 Å². The molecule has 0 spiro atoms. The monoisotopic (exact) mass is 522 g/mol. The van der Waals surface area contributed by atoms with Gasteiger partial charge in [0.2, 0.25) is 5.91 Å².